The molecule has 0 aromatic heterocycles. The Kier molecular flexibility index (Phi) is 4.34. The van der Waals surface area contributed by atoms with Gasteiger partial charge in [-0.15, -0.1) is 0 Å². The Balaban J connectivity index is 2.02. The Morgan fingerprint density at radius 2 is 2.37 bits per heavy atom. The van der Waals surface area contributed by atoms with Crippen molar-refractivity contribution in [1.29, 1.82) is 0 Å². The lowest BCUT2D eigenvalue weighted by Crippen LogP contribution is -2.18. The number of hydrogen-bond acceptors (Lipinski definition) is 4. The third-order valence-corrected chi connectivity index (χ3v) is 3.40. The molecule has 0 radical (unpaired) electrons. The summed E-state index contributed by atoms with van der Waals surface area (Å²) in [5.74, 6) is 0.147. The average molecular weight is 284 g/mol. The van der Waals surface area contributed by atoms with Gasteiger partial charge in [0.05, 0.1) is 15.6 Å². The Labute approximate surface area is 115 Å². The van der Waals surface area contributed by atoms with Crippen molar-refractivity contribution in [1.82, 2.24) is 5.32 Å². The van der Waals surface area contributed by atoms with E-state index in [2.05, 4.69) is 10.6 Å². The van der Waals surface area contributed by atoms with Crippen LogP contribution in [-0.4, -0.2) is 23.9 Å². The van der Waals surface area contributed by atoms with E-state index < -0.39 is 4.92 Å². The molecule has 1 aliphatic rings. The summed E-state index contributed by atoms with van der Waals surface area (Å²) in [4.78, 5) is 22.0. The summed E-state index contributed by atoms with van der Waals surface area (Å²) >= 11 is 5.91. The predicted octanol–water partition coefficient (Wildman–Crippen LogP) is 2.19. The quantitative estimate of drug-likeness (QED) is 0.655. The topological polar surface area (TPSA) is 84.3 Å². The molecule has 19 heavy (non-hydrogen) atoms. The zero-order chi connectivity index (χ0) is 13.8. The molecule has 1 saturated heterocycles. The van der Waals surface area contributed by atoms with E-state index in [0.29, 0.717) is 17.4 Å². The van der Waals surface area contributed by atoms with E-state index in [0.717, 1.165) is 19.5 Å². The Morgan fingerprint density at radius 1 is 1.58 bits per heavy atom. The molecular formula is C12H14ClN3O3. The van der Waals surface area contributed by atoms with Crippen LogP contribution in [-0.2, 0) is 4.79 Å². The second kappa shape index (κ2) is 5.99. The van der Waals surface area contributed by atoms with Crippen molar-refractivity contribution in [2.75, 3.05) is 18.4 Å². The average Bonchev–Trinajstić information content (AvgIpc) is 2.84. The fourth-order valence-electron chi connectivity index (χ4n) is 2.07. The lowest BCUT2D eigenvalue weighted by Gasteiger charge is -2.10. The summed E-state index contributed by atoms with van der Waals surface area (Å²) in [6.07, 6.45) is 1.36. The van der Waals surface area contributed by atoms with Gasteiger partial charge in [-0.3, -0.25) is 14.9 Å². The van der Waals surface area contributed by atoms with Gasteiger partial charge in [0, 0.05) is 18.6 Å². The molecule has 1 amide bonds. The van der Waals surface area contributed by atoms with Gasteiger partial charge >= 0.3 is 0 Å². The first-order valence-electron chi connectivity index (χ1n) is 6.01. The number of nitrogens with one attached hydrogen (secondary N) is 2. The smallest absolute Gasteiger partial charge is 0.271 e. The second-order valence-corrected chi connectivity index (χ2v) is 4.94. The number of non-ortho nitro benzene ring substituents is 1. The molecular weight excluding hydrogens is 270 g/mol. The number of nitrogens with zero attached hydrogens (tertiary/aromatic N) is 1. The summed E-state index contributed by atoms with van der Waals surface area (Å²) in [5.41, 5.74) is 0.189. The van der Waals surface area contributed by atoms with Crippen molar-refractivity contribution in [2.45, 2.75) is 12.8 Å². The van der Waals surface area contributed by atoms with Crippen LogP contribution in [0.3, 0.4) is 0 Å². The normalized spacial score (nSPS) is 18.3. The first-order valence-corrected chi connectivity index (χ1v) is 6.38. The first kappa shape index (κ1) is 13.8. The van der Waals surface area contributed by atoms with Crippen LogP contribution in [0.1, 0.15) is 12.8 Å². The van der Waals surface area contributed by atoms with Gasteiger partial charge in [0.25, 0.3) is 5.69 Å². The third-order valence-electron chi connectivity index (χ3n) is 3.07. The highest BCUT2D eigenvalue weighted by Crippen LogP contribution is 2.27. The van der Waals surface area contributed by atoms with E-state index in [1.165, 1.54) is 18.2 Å². The Hall–Kier alpha value is -1.66. The van der Waals surface area contributed by atoms with Crippen LogP contribution in [0.4, 0.5) is 11.4 Å². The van der Waals surface area contributed by atoms with Crippen LogP contribution in [0, 0.1) is 16.0 Å². The van der Waals surface area contributed by atoms with Gasteiger partial charge in [0.2, 0.25) is 5.91 Å². The van der Waals surface area contributed by atoms with E-state index in [-0.39, 0.29) is 17.3 Å². The van der Waals surface area contributed by atoms with E-state index in [1.807, 2.05) is 0 Å². The fraction of sp³-hybridized carbons (Fsp3) is 0.417. The monoisotopic (exact) mass is 283 g/mol. The van der Waals surface area contributed by atoms with Crippen molar-refractivity contribution in [2.24, 2.45) is 5.92 Å². The van der Waals surface area contributed by atoms with Crippen LogP contribution in [0.2, 0.25) is 5.02 Å². The third kappa shape index (κ3) is 3.65. The maximum Gasteiger partial charge on any atom is 0.271 e. The van der Waals surface area contributed by atoms with E-state index in [4.69, 9.17) is 11.6 Å². The molecule has 1 atom stereocenters. The SMILES string of the molecule is O=C(CC1CCNC1)Nc1cc([N+](=O)[O-])ccc1Cl. The minimum Gasteiger partial charge on any atom is -0.325 e. The van der Waals surface area contributed by atoms with Gasteiger partial charge in [-0.2, -0.15) is 0 Å². The highest BCUT2D eigenvalue weighted by atomic mass is 35.5. The van der Waals surface area contributed by atoms with Gasteiger partial charge < -0.3 is 10.6 Å². The number of nitro groups is 1. The molecule has 1 unspecified atom stereocenters. The molecule has 7 heteroatoms. The number of carbonyl (C=O) groups is 1. The van der Waals surface area contributed by atoms with Crippen molar-refractivity contribution in [3.63, 3.8) is 0 Å². The molecule has 1 fully saturated rings. The summed E-state index contributed by atoms with van der Waals surface area (Å²) in [6.45, 7) is 1.76. The van der Waals surface area contributed by atoms with E-state index in [1.54, 1.807) is 0 Å². The molecule has 1 heterocycles. The van der Waals surface area contributed by atoms with Crippen LogP contribution in [0.25, 0.3) is 0 Å². The molecule has 1 aromatic carbocycles. The minimum atomic E-state index is -0.521. The number of carbonyl (C=O) groups excluding carboxylic acids is 1. The standard InChI is InChI=1S/C12H14ClN3O3/c13-10-2-1-9(16(18)19)6-11(10)15-12(17)5-8-3-4-14-7-8/h1-2,6,8,14H,3-5,7H2,(H,15,17). The van der Waals surface area contributed by atoms with Gasteiger partial charge in [0.15, 0.2) is 0 Å². The number of anilines is 1. The maximum absolute atomic E-state index is 11.8. The van der Waals surface area contributed by atoms with Gasteiger partial charge in [-0.1, -0.05) is 11.6 Å². The zero-order valence-corrected chi connectivity index (χ0v) is 10.9. The fourth-order valence-corrected chi connectivity index (χ4v) is 2.24. The van der Waals surface area contributed by atoms with Gasteiger partial charge in [-0.05, 0) is 31.5 Å². The first-order chi connectivity index (χ1) is 9.06. The largest absolute Gasteiger partial charge is 0.325 e. The van der Waals surface area contributed by atoms with Crippen LogP contribution >= 0.6 is 11.6 Å². The Bertz CT molecular complexity index is 501. The van der Waals surface area contributed by atoms with Crippen molar-refractivity contribution in [3.05, 3.63) is 33.3 Å². The minimum absolute atomic E-state index is 0.0952. The van der Waals surface area contributed by atoms with Crippen molar-refractivity contribution in [3.8, 4) is 0 Å². The number of nitro benzene ring substituents is 1. The van der Waals surface area contributed by atoms with E-state index in [9.17, 15) is 14.9 Å². The number of rotatable bonds is 4. The molecule has 0 spiro atoms. The van der Waals surface area contributed by atoms with Crippen LogP contribution in [0.5, 0.6) is 0 Å². The molecule has 6 nitrogen and oxygen atoms in total. The number of benzene rings is 1. The summed E-state index contributed by atoms with van der Waals surface area (Å²) in [7, 11) is 0. The summed E-state index contributed by atoms with van der Waals surface area (Å²) < 4.78 is 0. The van der Waals surface area contributed by atoms with Crippen LogP contribution < -0.4 is 10.6 Å². The maximum atomic E-state index is 11.8. The lowest BCUT2D eigenvalue weighted by molar-refractivity contribution is -0.384. The van der Waals surface area contributed by atoms with E-state index >= 15 is 0 Å². The summed E-state index contributed by atoms with van der Waals surface area (Å²) in [5, 5.41) is 16.8. The molecule has 102 valence electrons. The highest BCUT2D eigenvalue weighted by Gasteiger charge is 2.19. The molecule has 1 aromatic rings. The van der Waals surface area contributed by atoms with Crippen LogP contribution in [0.15, 0.2) is 18.2 Å². The molecule has 2 N–H and O–H groups in total. The van der Waals surface area contributed by atoms with Crippen molar-refractivity contribution < 1.29 is 9.72 Å². The van der Waals surface area contributed by atoms with Crippen molar-refractivity contribution >= 4 is 28.9 Å². The molecule has 1 aliphatic heterocycles. The lowest BCUT2D eigenvalue weighted by atomic mass is 10.0. The summed E-state index contributed by atoms with van der Waals surface area (Å²) in [6, 6.07) is 3.98. The molecule has 0 bridgehead atoms. The zero-order valence-electron chi connectivity index (χ0n) is 10.2. The second-order valence-electron chi connectivity index (χ2n) is 4.53. The van der Waals surface area contributed by atoms with Gasteiger partial charge in [0.1, 0.15) is 0 Å². The van der Waals surface area contributed by atoms with Gasteiger partial charge in [-0.25, -0.2) is 0 Å². The number of hydrogen-bond donors (Lipinski definition) is 2. The predicted molar refractivity (Wildman–Crippen MR) is 72.3 cm³/mol. The Morgan fingerprint density at radius 3 is 3.00 bits per heavy atom. The molecule has 0 saturated carbocycles. The highest BCUT2D eigenvalue weighted by molar-refractivity contribution is 6.33. The number of halogens is 1. The molecule has 0 aliphatic carbocycles. The molecule has 2 rings (SSSR count). The number of amides is 1.